The van der Waals surface area contributed by atoms with Crippen LogP contribution in [0.5, 0.6) is 0 Å². The number of rotatable bonds is 3. The summed E-state index contributed by atoms with van der Waals surface area (Å²) in [7, 11) is 0. The van der Waals surface area contributed by atoms with Crippen LogP contribution in [0, 0.1) is 5.82 Å². The molecule has 0 unspecified atom stereocenters. The Morgan fingerprint density at radius 3 is 2.78 bits per heavy atom. The molecule has 0 bridgehead atoms. The zero-order valence-corrected chi connectivity index (χ0v) is 11.5. The van der Waals surface area contributed by atoms with Crippen molar-refractivity contribution in [2.24, 2.45) is 0 Å². The lowest BCUT2D eigenvalue weighted by Crippen LogP contribution is -2.05. The van der Waals surface area contributed by atoms with Gasteiger partial charge >= 0.3 is 0 Å². The van der Waals surface area contributed by atoms with Crippen molar-refractivity contribution in [1.82, 2.24) is 4.98 Å². The third kappa shape index (κ3) is 3.15. The van der Waals surface area contributed by atoms with E-state index in [0.29, 0.717) is 10.6 Å². The van der Waals surface area contributed by atoms with Crippen LogP contribution in [0.4, 0.5) is 4.39 Å². The standard InChI is InChI=1S/C13H8BrClFNO/c14-10-2-1-8(12(15)5-10)4-13(18)9-3-11(16)7-17-6-9/h1-3,5-7H,4H2. The number of nitrogens with zero attached hydrogens (tertiary/aromatic N) is 1. The molecule has 0 saturated heterocycles. The van der Waals surface area contributed by atoms with E-state index in [2.05, 4.69) is 20.9 Å². The summed E-state index contributed by atoms with van der Waals surface area (Å²) in [6, 6.07) is 6.45. The van der Waals surface area contributed by atoms with Crippen molar-refractivity contribution in [2.75, 3.05) is 0 Å². The fraction of sp³-hybridized carbons (Fsp3) is 0.0769. The lowest BCUT2D eigenvalue weighted by molar-refractivity contribution is 0.0992. The fourth-order valence-electron chi connectivity index (χ4n) is 1.50. The minimum Gasteiger partial charge on any atom is -0.294 e. The molecule has 0 fully saturated rings. The molecule has 0 radical (unpaired) electrons. The molecule has 0 aliphatic rings. The summed E-state index contributed by atoms with van der Waals surface area (Å²) in [6.45, 7) is 0. The maximum atomic E-state index is 13.0. The lowest BCUT2D eigenvalue weighted by atomic mass is 10.0. The highest BCUT2D eigenvalue weighted by Gasteiger charge is 2.11. The molecule has 2 rings (SSSR count). The van der Waals surface area contributed by atoms with Crippen LogP contribution in [-0.2, 0) is 6.42 Å². The second kappa shape index (κ2) is 5.59. The van der Waals surface area contributed by atoms with E-state index in [-0.39, 0.29) is 17.8 Å². The van der Waals surface area contributed by atoms with E-state index in [0.717, 1.165) is 10.7 Å². The van der Waals surface area contributed by atoms with Crippen molar-refractivity contribution in [3.63, 3.8) is 0 Å². The molecule has 0 aliphatic carbocycles. The van der Waals surface area contributed by atoms with Crippen LogP contribution in [0.3, 0.4) is 0 Å². The molecule has 0 saturated carbocycles. The molecule has 2 nitrogen and oxygen atoms in total. The summed E-state index contributed by atoms with van der Waals surface area (Å²) >= 11 is 9.31. The SMILES string of the molecule is O=C(Cc1ccc(Br)cc1Cl)c1cncc(F)c1. The first-order valence-corrected chi connectivity index (χ1v) is 6.31. The number of carbonyl (C=O) groups excluding carboxylic acids is 1. The highest BCUT2D eigenvalue weighted by Crippen LogP contribution is 2.22. The first kappa shape index (κ1) is 13.2. The van der Waals surface area contributed by atoms with Gasteiger partial charge in [-0.05, 0) is 23.8 Å². The van der Waals surface area contributed by atoms with E-state index < -0.39 is 5.82 Å². The molecule has 1 aromatic heterocycles. The zero-order chi connectivity index (χ0) is 13.1. The summed E-state index contributed by atoms with van der Waals surface area (Å²) in [4.78, 5) is 15.6. The van der Waals surface area contributed by atoms with Crippen molar-refractivity contribution in [3.05, 3.63) is 63.1 Å². The Balaban J connectivity index is 2.21. The molecular formula is C13H8BrClFNO. The predicted molar refractivity (Wildman–Crippen MR) is 71.4 cm³/mol. The molecule has 0 amide bonds. The molecule has 18 heavy (non-hydrogen) atoms. The minimum absolute atomic E-state index is 0.122. The van der Waals surface area contributed by atoms with Crippen LogP contribution >= 0.6 is 27.5 Å². The second-order valence-corrected chi connectivity index (χ2v) is 5.05. The van der Waals surface area contributed by atoms with Gasteiger partial charge in [-0.2, -0.15) is 0 Å². The Hall–Kier alpha value is -1.26. The molecule has 5 heteroatoms. The number of pyridine rings is 1. The van der Waals surface area contributed by atoms with Crippen LogP contribution in [-0.4, -0.2) is 10.8 Å². The van der Waals surface area contributed by atoms with Crippen LogP contribution in [0.1, 0.15) is 15.9 Å². The van der Waals surface area contributed by atoms with Crippen molar-refractivity contribution in [1.29, 1.82) is 0 Å². The summed E-state index contributed by atoms with van der Waals surface area (Å²) < 4.78 is 13.8. The lowest BCUT2D eigenvalue weighted by Gasteiger charge is -2.04. The molecule has 92 valence electrons. The third-order valence-corrected chi connectivity index (χ3v) is 3.24. The topological polar surface area (TPSA) is 30.0 Å². The summed E-state index contributed by atoms with van der Waals surface area (Å²) in [5, 5.41) is 0.502. The Morgan fingerprint density at radius 1 is 1.33 bits per heavy atom. The Morgan fingerprint density at radius 2 is 2.11 bits per heavy atom. The smallest absolute Gasteiger partial charge is 0.168 e. The van der Waals surface area contributed by atoms with Gasteiger partial charge in [0.2, 0.25) is 0 Å². The van der Waals surface area contributed by atoms with Gasteiger partial charge in [0.15, 0.2) is 5.78 Å². The number of hydrogen-bond acceptors (Lipinski definition) is 2. The monoisotopic (exact) mass is 327 g/mol. The number of carbonyl (C=O) groups is 1. The van der Waals surface area contributed by atoms with Gasteiger partial charge in [-0.3, -0.25) is 9.78 Å². The van der Waals surface area contributed by atoms with Gasteiger partial charge in [-0.15, -0.1) is 0 Å². The number of ketones is 1. The third-order valence-electron chi connectivity index (χ3n) is 2.39. The van der Waals surface area contributed by atoms with E-state index in [1.54, 1.807) is 18.2 Å². The second-order valence-electron chi connectivity index (χ2n) is 3.73. The van der Waals surface area contributed by atoms with Crippen LogP contribution < -0.4 is 0 Å². The van der Waals surface area contributed by atoms with Gasteiger partial charge in [-0.1, -0.05) is 33.6 Å². The zero-order valence-electron chi connectivity index (χ0n) is 9.16. The summed E-state index contributed by atoms with van der Waals surface area (Å²) in [6.07, 6.45) is 2.53. The minimum atomic E-state index is -0.525. The summed E-state index contributed by atoms with van der Waals surface area (Å²) in [5.74, 6) is -0.742. The van der Waals surface area contributed by atoms with Crippen molar-refractivity contribution in [2.45, 2.75) is 6.42 Å². The van der Waals surface area contributed by atoms with Crippen molar-refractivity contribution >= 4 is 33.3 Å². The first-order chi connectivity index (χ1) is 8.56. The van der Waals surface area contributed by atoms with Gasteiger partial charge in [0.25, 0.3) is 0 Å². The molecule has 0 N–H and O–H groups in total. The average Bonchev–Trinajstić information content (AvgIpc) is 2.32. The number of aromatic nitrogens is 1. The molecule has 2 aromatic rings. The van der Waals surface area contributed by atoms with Crippen molar-refractivity contribution < 1.29 is 9.18 Å². The van der Waals surface area contributed by atoms with E-state index in [1.807, 2.05) is 0 Å². The largest absolute Gasteiger partial charge is 0.294 e. The van der Waals surface area contributed by atoms with Gasteiger partial charge in [-0.25, -0.2) is 4.39 Å². The van der Waals surface area contributed by atoms with E-state index in [9.17, 15) is 9.18 Å². The fourth-order valence-corrected chi connectivity index (χ4v) is 2.24. The van der Waals surface area contributed by atoms with Crippen LogP contribution in [0.2, 0.25) is 5.02 Å². The van der Waals surface area contributed by atoms with E-state index in [4.69, 9.17) is 11.6 Å². The van der Waals surface area contributed by atoms with E-state index in [1.165, 1.54) is 12.3 Å². The predicted octanol–water partition coefficient (Wildman–Crippen LogP) is 4.06. The summed E-state index contributed by atoms with van der Waals surface area (Å²) in [5.41, 5.74) is 0.947. The highest BCUT2D eigenvalue weighted by atomic mass is 79.9. The average molecular weight is 329 g/mol. The van der Waals surface area contributed by atoms with Gasteiger partial charge < -0.3 is 0 Å². The molecule has 0 atom stereocenters. The number of Topliss-reactive ketones (excluding diaryl/α,β-unsaturated/α-hetero) is 1. The van der Waals surface area contributed by atoms with Gasteiger partial charge in [0.1, 0.15) is 5.82 Å². The Bertz CT molecular complexity index is 603. The molecule has 1 aromatic carbocycles. The van der Waals surface area contributed by atoms with Gasteiger partial charge in [0, 0.05) is 27.7 Å². The van der Waals surface area contributed by atoms with E-state index >= 15 is 0 Å². The van der Waals surface area contributed by atoms with Gasteiger partial charge in [0.05, 0.1) is 6.20 Å². The van der Waals surface area contributed by atoms with Crippen LogP contribution in [0.15, 0.2) is 41.1 Å². The maximum absolute atomic E-state index is 13.0. The molecular weight excluding hydrogens is 321 g/mol. The maximum Gasteiger partial charge on any atom is 0.168 e. The van der Waals surface area contributed by atoms with Crippen LogP contribution in [0.25, 0.3) is 0 Å². The molecule has 0 aliphatic heterocycles. The molecule has 0 spiro atoms. The molecule has 1 heterocycles. The highest BCUT2D eigenvalue weighted by molar-refractivity contribution is 9.10. The first-order valence-electron chi connectivity index (χ1n) is 5.14. The number of benzene rings is 1. The Labute approximate surface area is 117 Å². The normalized spacial score (nSPS) is 10.4. The number of hydrogen-bond donors (Lipinski definition) is 0. The van der Waals surface area contributed by atoms with Crippen molar-refractivity contribution in [3.8, 4) is 0 Å². The quantitative estimate of drug-likeness (QED) is 0.795. The number of halogens is 3. The Kier molecular flexibility index (Phi) is 4.09.